The van der Waals surface area contributed by atoms with Crippen molar-refractivity contribution in [2.45, 2.75) is 13.5 Å². The maximum atomic E-state index is 8.70. The first-order valence-electron chi connectivity index (χ1n) is 5.52. The highest BCUT2D eigenvalue weighted by Crippen LogP contribution is 2.12. The fourth-order valence-electron chi connectivity index (χ4n) is 1.54. The zero-order valence-electron chi connectivity index (χ0n) is 10.6. The molecule has 0 amide bonds. The summed E-state index contributed by atoms with van der Waals surface area (Å²) >= 11 is 1.54. The standard InChI is InChI=1S/C11H14N6OS/c1-7-3-9(10(12)16-18)15-11(14-7)17(2)4-8-5-19-6-13-8/h3,5-6,18H,4H2,1-2H3,(H2,12,16). The van der Waals surface area contributed by atoms with E-state index in [-0.39, 0.29) is 5.84 Å². The van der Waals surface area contributed by atoms with Gasteiger partial charge in [0.1, 0.15) is 5.69 Å². The molecule has 0 aliphatic carbocycles. The van der Waals surface area contributed by atoms with E-state index in [2.05, 4.69) is 20.1 Å². The SMILES string of the molecule is Cc1cc(/C(N)=N/O)nc(N(C)Cc2cscn2)n1. The van der Waals surface area contributed by atoms with Gasteiger partial charge in [0.05, 0.1) is 17.7 Å². The molecule has 0 bridgehead atoms. The molecule has 2 rings (SSSR count). The fraction of sp³-hybridized carbons (Fsp3) is 0.273. The zero-order valence-corrected chi connectivity index (χ0v) is 11.4. The number of hydrogen-bond donors (Lipinski definition) is 2. The largest absolute Gasteiger partial charge is 0.409 e. The predicted octanol–water partition coefficient (Wildman–Crippen LogP) is 0.972. The summed E-state index contributed by atoms with van der Waals surface area (Å²) in [6, 6.07) is 1.66. The van der Waals surface area contributed by atoms with Crippen molar-refractivity contribution in [1.29, 1.82) is 0 Å². The summed E-state index contributed by atoms with van der Waals surface area (Å²) in [7, 11) is 1.87. The Balaban J connectivity index is 2.26. The Morgan fingerprint density at radius 2 is 2.32 bits per heavy atom. The lowest BCUT2D eigenvalue weighted by Crippen LogP contribution is -2.23. The summed E-state index contributed by atoms with van der Waals surface area (Å²) in [5.41, 5.74) is 9.42. The van der Waals surface area contributed by atoms with Gasteiger partial charge in [0.15, 0.2) is 5.84 Å². The van der Waals surface area contributed by atoms with Crippen LogP contribution in [0.2, 0.25) is 0 Å². The van der Waals surface area contributed by atoms with Gasteiger partial charge in [0.2, 0.25) is 5.95 Å². The number of amidine groups is 1. The van der Waals surface area contributed by atoms with E-state index in [1.54, 1.807) is 22.9 Å². The van der Waals surface area contributed by atoms with Gasteiger partial charge in [-0.25, -0.2) is 15.0 Å². The first kappa shape index (κ1) is 13.2. The molecule has 3 N–H and O–H groups in total. The van der Waals surface area contributed by atoms with E-state index in [9.17, 15) is 0 Å². The summed E-state index contributed by atoms with van der Waals surface area (Å²) < 4.78 is 0. The maximum absolute atomic E-state index is 8.70. The van der Waals surface area contributed by atoms with Crippen LogP contribution in [0.1, 0.15) is 17.1 Å². The molecule has 19 heavy (non-hydrogen) atoms. The Morgan fingerprint density at radius 3 is 2.95 bits per heavy atom. The van der Waals surface area contributed by atoms with Crippen LogP contribution in [0.3, 0.4) is 0 Å². The van der Waals surface area contributed by atoms with Gasteiger partial charge in [-0.15, -0.1) is 11.3 Å². The van der Waals surface area contributed by atoms with E-state index < -0.39 is 0 Å². The van der Waals surface area contributed by atoms with Crippen LogP contribution in [0.5, 0.6) is 0 Å². The normalized spacial score (nSPS) is 11.6. The summed E-state index contributed by atoms with van der Waals surface area (Å²) in [6.07, 6.45) is 0. The van der Waals surface area contributed by atoms with Crippen LogP contribution >= 0.6 is 11.3 Å². The summed E-state index contributed by atoms with van der Waals surface area (Å²) in [5.74, 6) is 0.475. The second-order valence-corrected chi connectivity index (χ2v) is 4.73. The third-order valence-electron chi connectivity index (χ3n) is 2.44. The molecule has 0 spiro atoms. The highest BCUT2D eigenvalue weighted by Gasteiger charge is 2.11. The Bertz CT molecular complexity index is 583. The predicted molar refractivity (Wildman–Crippen MR) is 73.5 cm³/mol. The van der Waals surface area contributed by atoms with Gasteiger partial charge in [-0.1, -0.05) is 5.16 Å². The van der Waals surface area contributed by atoms with Crippen LogP contribution in [0.15, 0.2) is 22.1 Å². The number of rotatable bonds is 4. The van der Waals surface area contributed by atoms with Gasteiger partial charge in [0, 0.05) is 18.1 Å². The molecule has 100 valence electrons. The van der Waals surface area contributed by atoms with Gasteiger partial charge in [-0.2, -0.15) is 0 Å². The first-order chi connectivity index (χ1) is 9.10. The molecule has 8 heteroatoms. The molecule has 0 aromatic carbocycles. The van der Waals surface area contributed by atoms with E-state index in [0.717, 1.165) is 11.4 Å². The minimum Gasteiger partial charge on any atom is -0.409 e. The number of thiazole rings is 1. The highest BCUT2D eigenvalue weighted by molar-refractivity contribution is 7.07. The van der Waals surface area contributed by atoms with Crippen LogP contribution in [0.25, 0.3) is 0 Å². The van der Waals surface area contributed by atoms with Crippen LogP contribution in [-0.2, 0) is 6.54 Å². The molecule has 0 atom stereocenters. The first-order valence-corrected chi connectivity index (χ1v) is 6.46. The molecule has 0 aliphatic heterocycles. The lowest BCUT2D eigenvalue weighted by molar-refractivity contribution is 0.318. The van der Waals surface area contributed by atoms with Gasteiger partial charge >= 0.3 is 0 Å². The summed E-state index contributed by atoms with van der Waals surface area (Å²) in [4.78, 5) is 14.7. The van der Waals surface area contributed by atoms with Crippen molar-refractivity contribution in [3.63, 3.8) is 0 Å². The molecule has 0 aliphatic rings. The van der Waals surface area contributed by atoms with E-state index >= 15 is 0 Å². The Labute approximate surface area is 114 Å². The molecular weight excluding hydrogens is 264 g/mol. The molecule has 0 fully saturated rings. The van der Waals surface area contributed by atoms with Crippen LogP contribution in [-0.4, -0.2) is 33.0 Å². The van der Waals surface area contributed by atoms with Gasteiger partial charge < -0.3 is 15.8 Å². The molecule has 7 nitrogen and oxygen atoms in total. The molecular formula is C11H14N6OS. The number of anilines is 1. The van der Waals surface area contributed by atoms with Crippen molar-refractivity contribution >= 4 is 23.1 Å². The number of aryl methyl sites for hydroxylation is 1. The van der Waals surface area contributed by atoms with Crippen molar-refractivity contribution in [3.8, 4) is 0 Å². The minimum absolute atomic E-state index is 0.0335. The van der Waals surface area contributed by atoms with E-state index in [1.165, 1.54) is 0 Å². The van der Waals surface area contributed by atoms with Gasteiger partial charge in [-0.3, -0.25) is 0 Å². The smallest absolute Gasteiger partial charge is 0.226 e. The fourth-order valence-corrected chi connectivity index (χ4v) is 2.08. The third kappa shape index (κ3) is 3.16. The number of aromatic nitrogens is 3. The van der Waals surface area contributed by atoms with E-state index in [0.29, 0.717) is 18.2 Å². The topological polar surface area (TPSA) is 101 Å². The molecule has 2 aromatic heterocycles. The van der Waals surface area contributed by atoms with Gasteiger partial charge in [-0.05, 0) is 13.0 Å². The number of hydrogen-bond acceptors (Lipinski definition) is 7. The lowest BCUT2D eigenvalue weighted by atomic mass is 10.3. The molecule has 0 saturated carbocycles. The monoisotopic (exact) mass is 278 g/mol. The van der Waals surface area contributed by atoms with E-state index in [4.69, 9.17) is 10.9 Å². The van der Waals surface area contributed by atoms with Crippen molar-refractivity contribution in [3.05, 3.63) is 34.0 Å². The van der Waals surface area contributed by atoms with Crippen LogP contribution in [0.4, 0.5) is 5.95 Å². The molecule has 2 heterocycles. The Kier molecular flexibility index (Phi) is 3.91. The van der Waals surface area contributed by atoms with Crippen molar-refractivity contribution in [2.24, 2.45) is 10.9 Å². The third-order valence-corrected chi connectivity index (χ3v) is 3.07. The summed E-state index contributed by atoms with van der Waals surface area (Å²) in [6.45, 7) is 2.43. The minimum atomic E-state index is -0.0335. The molecule has 2 aromatic rings. The second-order valence-electron chi connectivity index (χ2n) is 4.02. The second kappa shape index (κ2) is 5.61. The average Bonchev–Trinajstić information content (AvgIpc) is 2.89. The quantitative estimate of drug-likeness (QED) is 0.374. The molecule has 0 radical (unpaired) electrons. The number of nitrogens with two attached hydrogens (primary N) is 1. The molecule has 0 unspecified atom stereocenters. The zero-order chi connectivity index (χ0) is 13.8. The van der Waals surface area contributed by atoms with Crippen LogP contribution < -0.4 is 10.6 Å². The van der Waals surface area contributed by atoms with Crippen molar-refractivity contribution in [2.75, 3.05) is 11.9 Å². The highest BCUT2D eigenvalue weighted by atomic mass is 32.1. The Hall–Kier alpha value is -2.22. The Morgan fingerprint density at radius 1 is 1.53 bits per heavy atom. The summed E-state index contributed by atoms with van der Waals surface area (Å²) in [5, 5.41) is 13.6. The van der Waals surface area contributed by atoms with Crippen LogP contribution in [0, 0.1) is 6.92 Å². The van der Waals surface area contributed by atoms with E-state index in [1.807, 2.05) is 24.3 Å². The molecule has 0 saturated heterocycles. The number of oxime groups is 1. The lowest BCUT2D eigenvalue weighted by Gasteiger charge is -2.16. The average molecular weight is 278 g/mol. The van der Waals surface area contributed by atoms with Crippen molar-refractivity contribution in [1.82, 2.24) is 15.0 Å². The number of nitrogens with zero attached hydrogens (tertiary/aromatic N) is 5. The van der Waals surface area contributed by atoms with Gasteiger partial charge in [0.25, 0.3) is 0 Å². The maximum Gasteiger partial charge on any atom is 0.226 e. The van der Waals surface area contributed by atoms with Crippen molar-refractivity contribution < 1.29 is 5.21 Å².